The standard InChI is InChI=1S/C33H31NO2/c1-34(2)29-20-18-25(19-21-29)30-22-27(24-12-6-3-7-13-24)23-33(36,28-16-10-5-11-17-28)31(30)32(35)26-14-8-4-9-15-26/h3-21,23,30-31,36H,22H2,1-2H3/t30-,31-,33+/m0/s1. The fraction of sp³-hybridized carbons (Fsp3) is 0.182. The summed E-state index contributed by atoms with van der Waals surface area (Å²) in [5.74, 6) is -0.939. The van der Waals surface area contributed by atoms with Gasteiger partial charge in [-0.3, -0.25) is 4.79 Å². The molecule has 1 aliphatic rings. The molecule has 0 amide bonds. The van der Waals surface area contributed by atoms with Crippen molar-refractivity contribution in [2.75, 3.05) is 19.0 Å². The number of hydrogen-bond donors (Lipinski definition) is 1. The molecule has 3 atom stereocenters. The normalized spacial score (nSPS) is 21.5. The van der Waals surface area contributed by atoms with Crippen LogP contribution in [0.15, 0.2) is 121 Å². The number of carbonyl (C=O) groups is 1. The Balaban J connectivity index is 1.72. The average molecular weight is 474 g/mol. The molecule has 3 nitrogen and oxygen atoms in total. The number of allylic oxidation sites excluding steroid dienone is 1. The van der Waals surface area contributed by atoms with Gasteiger partial charge in [0.25, 0.3) is 0 Å². The highest BCUT2D eigenvalue weighted by molar-refractivity contribution is 6.00. The molecule has 180 valence electrons. The van der Waals surface area contributed by atoms with Crippen molar-refractivity contribution < 1.29 is 9.90 Å². The van der Waals surface area contributed by atoms with Crippen LogP contribution < -0.4 is 4.90 Å². The second-order valence-corrected chi connectivity index (χ2v) is 9.73. The lowest BCUT2D eigenvalue weighted by Crippen LogP contribution is -2.44. The lowest BCUT2D eigenvalue weighted by molar-refractivity contribution is 0.0110. The summed E-state index contributed by atoms with van der Waals surface area (Å²) in [5, 5.41) is 12.5. The molecule has 0 saturated heterocycles. The lowest BCUT2D eigenvalue weighted by atomic mass is 9.62. The zero-order chi connectivity index (χ0) is 25.1. The van der Waals surface area contributed by atoms with Crippen LogP contribution >= 0.6 is 0 Å². The van der Waals surface area contributed by atoms with Gasteiger partial charge in [-0.2, -0.15) is 0 Å². The van der Waals surface area contributed by atoms with Crippen LogP contribution in [0.25, 0.3) is 5.57 Å². The molecule has 36 heavy (non-hydrogen) atoms. The van der Waals surface area contributed by atoms with E-state index in [1.54, 1.807) is 0 Å². The number of benzene rings is 4. The smallest absolute Gasteiger partial charge is 0.170 e. The molecule has 0 heterocycles. The van der Waals surface area contributed by atoms with Gasteiger partial charge in [-0.05, 0) is 46.9 Å². The van der Waals surface area contributed by atoms with Crippen molar-refractivity contribution in [1.29, 1.82) is 0 Å². The molecule has 0 saturated carbocycles. The van der Waals surface area contributed by atoms with E-state index in [1.165, 1.54) is 0 Å². The number of nitrogens with zero attached hydrogens (tertiary/aromatic N) is 1. The summed E-state index contributed by atoms with van der Waals surface area (Å²) in [5.41, 5.74) is 4.12. The van der Waals surface area contributed by atoms with E-state index in [9.17, 15) is 9.90 Å². The Hall–Kier alpha value is -3.95. The van der Waals surface area contributed by atoms with Crippen molar-refractivity contribution in [3.63, 3.8) is 0 Å². The van der Waals surface area contributed by atoms with E-state index < -0.39 is 11.5 Å². The predicted octanol–water partition coefficient (Wildman–Crippen LogP) is 6.71. The van der Waals surface area contributed by atoms with Crippen LogP contribution in [0.4, 0.5) is 5.69 Å². The number of aliphatic hydroxyl groups is 1. The molecular formula is C33H31NO2. The highest BCUT2D eigenvalue weighted by Gasteiger charge is 2.49. The molecule has 0 spiro atoms. The molecule has 0 aliphatic heterocycles. The molecule has 3 heteroatoms. The van der Waals surface area contributed by atoms with Gasteiger partial charge < -0.3 is 10.0 Å². The summed E-state index contributed by atoms with van der Waals surface area (Å²) >= 11 is 0. The van der Waals surface area contributed by atoms with Crippen LogP contribution in [0.1, 0.15) is 39.4 Å². The summed E-state index contributed by atoms with van der Waals surface area (Å²) < 4.78 is 0. The summed E-state index contributed by atoms with van der Waals surface area (Å²) in [6.07, 6.45) is 2.58. The van der Waals surface area contributed by atoms with Crippen molar-refractivity contribution in [2.45, 2.75) is 17.9 Å². The van der Waals surface area contributed by atoms with Crippen molar-refractivity contribution in [2.24, 2.45) is 5.92 Å². The van der Waals surface area contributed by atoms with Gasteiger partial charge in [0, 0.05) is 31.3 Å². The fourth-order valence-electron chi connectivity index (χ4n) is 5.39. The van der Waals surface area contributed by atoms with Gasteiger partial charge in [-0.25, -0.2) is 0 Å². The Morgan fingerprint density at radius 1 is 0.778 bits per heavy atom. The van der Waals surface area contributed by atoms with E-state index in [-0.39, 0.29) is 11.7 Å². The molecular weight excluding hydrogens is 442 g/mol. The molecule has 0 unspecified atom stereocenters. The summed E-state index contributed by atoms with van der Waals surface area (Å²) in [6, 6.07) is 37.5. The van der Waals surface area contributed by atoms with Crippen molar-refractivity contribution in [3.8, 4) is 0 Å². The van der Waals surface area contributed by atoms with E-state index in [2.05, 4.69) is 41.3 Å². The molecule has 4 aromatic carbocycles. The second-order valence-electron chi connectivity index (χ2n) is 9.73. The summed E-state index contributed by atoms with van der Waals surface area (Å²) in [7, 11) is 4.03. The van der Waals surface area contributed by atoms with Gasteiger partial charge in [0.2, 0.25) is 0 Å². The van der Waals surface area contributed by atoms with Crippen molar-refractivity contribution in [1.82, 2.24) is 0 Å². The molecule has 1 aliphatic carbocycles. The van der Waals surface area contributed by atoms with Crippen molar-refractivity contribution in [3.05, 3.63) is 144 Å². The van der Waals surface area contributed by atoms with E-state index >= 15 is 0 Å². The van der Waals surface area contributed by atoms with Crippen LogP contribution in [0, 0.1) is 5.92 Å². The first-order valence-corrected chi connectivity index (χ1v) is 12.4. The van der Waals surface area contributed by atoms with Crippen LogP contribution in [0.3, 0.4) is 0 Å². The molecule has 4 aromatic rings. The first-order valence-electron chi connectivity index (χ1n) is 12.4. The Morgan fingerprint density at radius 3 is 1.92 bits per heavy atom. The third-order valence-electron chi connectivity index (χ3n) is 7.27. The molecule has 1 N–H and O–H groups in total. The third-order valence-corrected chi connectivity index (χ3v) is 7.27. The number of ketones is 1. The number of hydrogen-bond acceptors (Lipinski definition) is 3. The average Bonchev–Trinajstić information content (AvgIpc) is 2.94. The van der Waals surface area contributed by atoms with Crippen LogP contribution in [-0.2, 0) is 5.60 Å². The molecule has 0 radical (unpaired) electrons. The quantitative estimate of drug-likeness (QED) is 0.316. The first-order chi connectivity index (χ1) is 17.5. The van der Waals surface area contributed by atoms with Gasteiger partial charge in [-0.1, -0.05) is 103 Å². The highest BCUT2D eigenvalue weighted by Crippen LogP contribution is 2.51. The fourth-order valence-corrected chi connectivity index (χ4v) is 5.39. The lowest BCUT2D eigenvalue weighted by Gasteiger charge is -2.43. The Bertz CT molecular complexity index is 1350. The van der Waals surface area contributed by atoms with Gasteiger partial charge in [0.15, 0.2) is 5.78 Å². The Labute approximate surface area is 213 Å². The summed E-state index contributed by atoms with van der Waals surface area (Å²) in [4.78, 5) is 16.3. The minimum atomic E-state index is -1.47. The highest BCUT2D eigenvalue weighted by atomic mass is 16.3. The van der Waals surface area contributed by atoms with Gasteiger partial charge >= 0.3 is 0 Å². The van der Waals surface area contributed by atoms with E-state index in [0.29, 0.717) is 12.0 Å². The monoisotopic (exact) mass is 473 g/mol. The third kappa shape index (κ3) is 4.50. The zero-order valence-electron chi connectivity index (χ0n) is 20.7. The van der Waals surface area contributed by atoms with Gasteiger partial charge in [0.1, 0.15) is 5.60 Å². The molecule has 0 fully saturated rings. The van der Waals surface area contributed by atoms with E-state index in [1.807, 2.05) is 99.0 Å². The first kappa shape index (κ1) is 23.8. The minimum absolute atomic E-state index is 0.0491. The van der Waals surface area contributed by atoms with Crippen LogP contribution in [-0.4, -0.2) is 25.0 Å². The van der Waals surface area contributed by atoms with Crippen LogP contribution in [0.2, 0.25) is 0 Å². The number of carbonyl (C=O) groups excluding carboxylic acids is 1. The van der Waals surface area contributed by atoms with Gasteiger partial charge in [-0.15, -0.1) is 0 Å². The SMILES string of the molecule is CN(C)c1ccc([C@@H]2CC(c3ccccc3)=C[C@@](O)(c3ccccc3)[C@@H]2C(=O)c2ccccc2)cc1. The number of anilines is 1. The minimum Gasteiger partial charge on any atom is -0.380 e. The van der Waals surface area contributed by atoms with Crippen LogP contribution in [0.5, 0.6) is 0 Å². The second kappa shape index (κ2) is 9.96. The molecule has 0 aromatic heterocycles. The Kier molecular flexibility index (Phi) is 6.58. The van der Waals surface area contributed by atoms with Gasteiger partial charge in [0.05, 0.1) is 5.92 Å². The molecule has 0 bridgehead atoms. The number of Topliss-reactive ketones (excluding diaryl/α,β-unsaturated/α-hetero) is 1. The predicted molar refractivity (Wildman–Crippen MR) is 147 cm³/mol. The van der Waals surface area contributed by atoms with Crippen molar-refractivity contribution >= 4 is 17.0 Å². The summed E-state index contributed by atoms with van der Waals surface area (Å²) in [6.45, 7) is 0. The maximum absolute atomic E-state index is 14.2. The van der Waals surface area contributed by atoms with E-state index in [0.717, 1.165) is 28.0 Å². The maximum atomic E-state index is 14.2. The van der Waals surface area contributed by atoms with E-state index in [4.69, 9.17) is 0 Å². The topological polar surface area (TPSA) is 40.5 Å². The molecule has 5 rings (SSSR count). The zero-order valence-corrected chi connectivity index (χ0v) is 20.7. The Morgan fingerprint density at radius 2 is 1.33 bits per heavy atom. The maximum Gasteiger partial charge on any atom is 0.170 e. The number of rotatable bonds is 6. The largest absolute Gasteiger partial charge is 0.380 e.